The molecule has 3 rings (SSSR count). The Morgan fingerprint density at radius 1 is 1.04 bits per heavy atom. The Morgan fingerprint density at radius 3 is 2.54 bits per heavy atom. The number of benzene rings is 1. The Hall–Kier alpha value is -2.69. The average molecular weight is 351 g/mol. The molecule has 1 atom stereocenters. The quantitative estimate of drug-likeness (QED) is 0.870. The van der Waals surface area contributed by atoms with E-state index in [1.807, 2.05) is 47.4 Å². The van der Waals surface area contributed by atoms with Crippen LogP contribution in [-0.4, -0.2) is 34.8 Å². The molecule has 0 bridgehead atoms. The Balaban J connectivity index is 1.65. The third-order valence-electron chi connectivity index (χ3n) is 4.76. The zero-order valence-corrected chi connectivity index (χ0v) is 14.9. The summed E-state index contributed by atoms with van der Waals surface area (Å²) in [5.41, 5.74) is 2.02. The molecule has 0 saturated carbocycles. The van der Waals surface area contributed by atoms with E-state index < -0.39 is 0 Å². The van der Waals surface area contributed by atoms with Crippen molar-refractivity contribution < 1.29 is 9.59 Å². The molecule has 1 aliphatic heterocycles. The van der Waals surface area contributed by atoms with E-state index in [-0.39, 0.29) is 17.9 Å². The zero-order chi connectivity index (χ0) is 18.2. The molecular formula is C21H25N3O2. The fraction of sp³-hybridized carbons (Fsp3) is 0.381. The third-order valence-corrected chi connectivity index (χ3v) is 4.76. The van der Waals surface area contributed by atoms with Crippen LogP contribution in [0, 0.1) is 0 Å². The topological polar surface area (TPSA) is 62.3 Å². The number of likely N-dealkylation sites (tertiary alicyclic amines) is 1. The minimum atomic E-state index is -0.216. The van der Waals surface area contributed by atoms with Crippen LogP contribution < -0.4 is 5.32 Å². The number of hydrogen-bond donors (Lipinski definition) is 1. The van der Waals surface area contributed by atoms with Crippen LogP contribution in [0.2, 0.25) is 0 Å². The van der Waals surface area contributed by atoms with Crippen molar-refractivity contribution >= 4 is 11.8 Å². The van der Waals surface area contributed by atoms with Crippen molar-refractivity contribution in [1.29, 1.82) is 0 Å². The van der Waals surface area contributed by atoms with Crippen molar-refractivity contribution in [3.05, 3.63) is 66.0 Å². The van der Waals surface area contributed by atoms with Gasteiger partial charge in [-0.15, -0.1) is 0 Å². The summed E-state index contributed by atoms with van der Waals surface area (Å²) < 4.78 is 0. The molecule has 5 heteroatoms. The molecule has 1 aliphatic rings. The summed E-state index contributed by atoms with van der Waals surface area (Å²) in [6.45, 7) is 1.25. The van der Waals surface area contributed by atoms with Gasteiger partial charge in [0.2, 0.25) is 11.8 Å². The van der Waals surface area contributed by atoms with E-state index in [9.17, 15) is 9.59 Å². The standard InChI is InChI=1S/C21H25N3O2/c25-19(12-16-24-15-6-2-5-9-20(24)26)23-21(17-7-3-1-4-8-17)18-10-13-22-14-11-18/h1,3-4,7-8,10-11,13-14,21H,2,5-6,9,12,15-16H2,(H,23,25). The van der Waals surface area contributed by atoms with Crippen LogP contribution >= 0.6 is 0 Å². The summed E-state index contributed by atoms with van der Waals surface area (Å²) in [6, 6.07) is 13.5. The first kappa shape index (κ1) is 18.1. The maximum absolute atomic E-state index is 12.6. The molecule has 0 aliphatic carbocycles. The number of aromatic nitrogens is 1. The van der Waals surface area contributed by atoms with Crippen LogP contribution in [0.3, 0.4) is 0 Å². The third kappa shape index (κ3) is 4.91. The van der Waals surface area contributed by atoms with E-state index in [4.69, 9.17) is 0 Å². The first-order chi connectivity index (χ1) is 12.7. The van der Waals surface area contributed by atoms with Crippen molar-refractivity contribution in [2.75, 3.05) is 13.1 Å². The van der Waals surface area contributed by atoms with Crippen LogP contribution in [0.5, 0.6) is 0 Å². The highest BCUT2D eigenvalue weighted by atomic mass is 16.2. The molecule has 1 aromatic carbocycles. The van der Waals surface area contributed by atoms with E-state index in [0.29, 0.717) is 19.4 Å². The Bertz CT molecular complexity index is 679. The van der Waals surface area contributed by atoms with E-state index in [1.165, 1.54) is 0 Å². The maximum Gasteiger partial charge on any atom is 0.222 e. The van der Waals surface area contributed by atoms with Crippen molar-refractivity contribution in [2.45, 2.75) is 38.1 Å². The molecule has 5 nitrogen and oxygen atoms in total. The number of hydrogen-bond acceptors (Lipinski definition) is 3. The molecule has 2 heterocycles. The van der Waals surface area contributed by atoms with Gasteiger partial charge in [0.05, 0.1) is 6.04 Å². The van der Waals surface area contributed by atoms with Crippen molar-refractivity contribution in [2.24, 2.45) is 0 Å². The van der Waals surface area contributed by atoms with Crippen molar-refractivity contribution in [3.8, 4) is 0 Å². The van der Waals surface area contributed by atoms with Gasteiger partial charge < -0.3 is 10.2 Å². The molecule has 2 aromatic rings. The molecule has 1 unspecified atom stereocenters. The van der Waals surface area contributed by atoms with Gasteiger partial charge in [-0.25, -0.2) is 0 Å². The van der Waals surface area contributed by atoms with Gasteiger partial charge in [-0.2, -0.15) is 0 Å². The first-order valence-corrected chi connectivity index (χ1v) is 9.26. The van der Waals surface area contributed by atoms with Crippen LogP contribution in [0.1, 0.15) is 49.3 Å². The summed E-state index contributed by atoms with van der Waals surface area (Å²) in [5, 5.41) is 3.11. The minimum Gasteiger partial charge on any atom is -0.345 e. The highest BCUT2D eigenvalue weighted by molar-refractivity contribution is 5.79. The number of carbonyl (C=O) groups is 2. The molecule has 1 saturated heterocycles. The van der Waals surface area contributed by atoms with Gasteiger partial charge in [0.1, 0.15) is 0 Å². The fourth-order valence-electron chi connectivity index (χ4n) is 3.31. The van der Waals surface area contributed by atoms with E-state index in [0.717, 1.165) is 36.9 Å². The van der Waals surface area contributed by atoms with Gasteiger partial charge >= 0.3 is 0 Å². The molecule has 0 radical (unpaired) electrons. The number of rotatable bonds is 6. The molecule has 0 spiro atoms. The maximum atomic E-state index is 12.6. The van der Waals surface area contributed by atoms with Crippen LogP contribution in [-0.2, 0) is 9.59 Å². The second kappa shape index (κ2) is 9.13. The van der Waals surface area contributed by atoms with E-state index in [1.54, 1.807) is 12.4 Å². The Labute approximate surface area is 154 Å². The van der Waals surface area contributed by atoms with E-state index >= 15 is 0 Å². The fourth-order valence-corrected chi connectivity index (χ4v) is 3.31. The number of nitrogens with one attached hydrogen (secondary N) is 1. The lowest BCUT2D eigenvalue weighted by atomic mass is 9.99. The number of amides is 2. The van der Waals surface area contributed by atoms with Crippen LogP contribution in [0.4, 0.5) is 0 Å². The normalized spacial score (nSPS) is 16.0. The molecule has 26 heavy (non-hydrogen) atoms. The summed E-state index contributed by atoms with van der Waals surface area (Å²) in [4.78, 5) is 30.5. The number of carbonyl (C=O) groups excluding carboxylic acids is 2. The number of nitrogens with zero attached hydrogens (tertiary/aromatic N) is 2. The highest BCUT2D eigenvalue weighted by Crippen LogP contribution is 2.21. The van der Waals surface area contributed by atoms with Gasteiger partial charge in [0.15, 0.2) is 0 Å². The smallest absolute Gasteiger partial charge is 0.222 e. The molecule has 1 N–H and O–H groups in total. The SMILES string of the molecule is O=C(CCN1CCCCCC1=O)NC(c1ccccc1)c1ccncc1. The summed E-state index contributed by atoms with van der Waals surface area (Å²) in [7, 11) is 0. The molecule has 2 amide bonds. The predicted molar refractivity (Wildman–Crippen MR) is 100 cm³/mol. The molecule has 136 valence electrons. The first-order valence-electron chi connectivity index (χ1n) is 9.26. The van der Waals surface area contributed by atoms with Crippen molar-refractivity contribution in [1.82, 2.24) is 15.2 Å². The van der Waals surface area contributed by atoms with Gasteiger partial charge in [-0.05, 0) is 36.1 Å². The largest absolute Gasteiger partial charge is 0.345 e. The summed E-state index contributed by atoms with van der Waals surface area (Å²) in [6.07, 6.45) is 7.45. The number of pyridine rings is 1. The monoisotopic (exact) mass is 351 g/mol. The average Bonchev–Trinajstić information content (AvgIpc) is 2.90. The highest BCUT2D eigenvalue weighted by Gasteiger charge is 2.20. The predicted octanol–water partition coefficient (Wildman–Crippen LogP) is 3.08. The zero-order valence-electron chi connectivity index (χ0n) is 14.9. The van der Waals surface area contributed by atoms with Crippen LogP contribution in [0.25, 0.3) is 0 Å². The summed E-state index contributed by atoms with van der Waals surface area (Å²) in [5.74, 6) is 0.122. The minimum absolute atomic E-state index is 0.0484. The second-order valence-corrected chi connectivity index (χ2v) is 6.63. The lowest BCUT2D eigenvalue weighted by Gasteiger charge is -2.22. The van der Waals surface area contributed by atoms with Gasteiger partial charge in [-0.1, -0.05) is 36.8 Å². The lowest BCUT2D eigenvalue weighted by molar-refractivity contribution is -0.131. The van der Waals surface area contributed by atoms with Crippen molar-refractivity contribution in [3.63, 3.8) is 0 Å². The van der Waals surface area contributed by atoms with Gasteiger partial charge in [0, 0.05) is 38.3 Å². The summed E-state index contributed by atoms with van der Waals surface area (Å²) >= 11 is 0. The van der Waals surface area contributed by atoms with Gasteiger partial charge in [0.25, 0.3) is 0 Å². The molecular weight excluding hydrogens is 326 g/mol. The van der Waals surface area contributed by atoms with Gasteiger partial charge in [-0.3, -0.25) is 14.6 Å². The van der Waals surface area contributed by atoms with E-state index in [2.05, 4.69) is 10.3 Å². The second-order valence-electron chi connectivity index (χ2n) is 6.63. The Kier molecular flexibility index (Phi) is 6.36. The Morgan fingerprint density at radius 2 is 1.77 bits per heavy atom. The van der Waals surface area contributed by atoms with Crippen LogP contribution in [0.15, 0.2) is 54.9 Å². The molecule has 1 aromatic heterocycles. The lowest BCUT2D eigenvalue weighted by Crippen LogP contribution is -2.36. The molecule has 1 fully saturated rings.